The largest absolute Gasteiger partial charge is 0.504 e. The maximum atomic E-state index is 14.2. The fourth-order valence-corrected chi connectivity index (χ4v) is 9.98. The van der Waals surface area contributed by atoms with Crippen LogP contribution in [0.5, 0.6) is 5.75 Å². The molecule has 0 spiro atoms. The van der Waals surface area contributed by atoms with Crippen LogP contribution >= 0.6 is 0 Å². The zero-order valence-corrected chi connectivity index (χ0v) is 33.3. The zero-order chi connectivity index (χ0) is 40.5. The Balaban J connectivity index is 0.782. The van der Waals surface area contributed by atoms with Crippen molar-refractivity contribution in [1.29, 1.82) is 0 Å². The molecule has 306 valence electrons. The third-order valence-corrected chi connectivity index (χ3v) is 13.4. The second-order valence-electron chi connectivity index (χ2n) is 17.3. The van der Waals surface area contributed by atoms with Gasteiger partial charge in [0.1, 0.15) is 6.04 Å². The lowest BCUT2D eigenvalue weighted by atomic mass is 9.92. The summed E-state index contributed by atoms with van der Waals surface area (Å²) in [6, 6.07) is 12.0. The van der Waals surface area contributed by atoms with E-state index in [1.54, 1.807) is 11.0 Å². The fourth-order valence-electron chi connectivity index (χ4n) is 9.98. The van der Waals surface area contributed by atoms with Crippen molar-refractivity contribution in [2.45, 2.75) is 76.7 Å². The van der Waals surface area contributed by atoms with E-state index in [0.717, 1.165) is 56.0 Å². The number of para-hydroxylation sites is 1. The number of nitrogens with one attached hydrogen (secondary N) is 2. The summed E-state index contributed by atoms with van der Waals surface area (Å²) in [5.74, 6) is -0.851. The molecule has 0 unspecified atom stereocenters. The van der Waals surface area contributed by atoms with Crippen molar-refractivity contribution >= 4 is 40.9 Å². The third-order valence-electron chi connectivity index (χ3n) is 13.4. The van der Waals surface area contributed by atoms with Crippen LogP contribution in [0.25, 0.3) is 11.3 Å². The Morgan fingerprint density at radius 1 is 0.966 bits per heavy atom. The number of piperazine rings is 2. The van der Waals surface area contributed by atoms with Gasteiger partial charge >= 0.3 is 6.03 Å². The first-order chi connectivity index (χ1) is 27.9. The van der Waals surface area contributed by atoms with Gasteiger partial charge in [-0.3, -0.25) is 24.6 Å². The number of aromatic hydroxyl groups is 1. The number of carbonyl (C=O) groups is 4. The van der Waals surface area contributed by atoms with Crippen molar-refractivity contribution in [2.75, 3.05) is 74.0 Å². The molecule has 6 aliphatic heterocycles. The van der Waals surface area contributed by atoms with Crippen molar-refractivity contribution in [2.24, 2.45) is 5.92 Å². The molecule has 5 amide bonds. The second kappa shape index (κ2) is 14.7. The maximum Gasteiger partial charge on any atom is 0.320 e. The van der Waals surface area contributed by atoms with Gasteiger partial charge in [0.15, 0.2) is 17.4 Å². The van der Waals surface area contributed by atoms with Crippen molar-refractivity contribution in [1.82, 2.24) is 35.1 Å². The first-order valence-corrected chi connectivity index (χ1v) is 20.6. The lowest BCUT2D eigenvalue weighted by Crippen LogP contribution is -2.69. The number of carbonyl (C=O) groups excluding carboxylic acids is 4. The van der Waals surface area contributed by atoms with Gasteiger partial charge in [0.05, 0.1) is 16.9 Å². The molecule has 15 nitrogen and oxygen atoms in total. The van der Waals surface area contributed by atoms with Crippen LogP contribution in [0, 0.1) is 11.7 Å². The number of aromatic nitrogens is 2. The topological polar surface area (TPSA) is 158 Å². The molecule has 3 N–H and O–H groups in total. The molecule has 0 bridgehead atoms. The number of hydrogen-bond donors (Lipinski definition) is 3. The minimum absolute atomic E-state index is 0.0558. The summed E-state index contributed by atoms with van der Waals surface area (Å²) in [5, 5.41) is 24.8. The van der Waals surface area contributed by atoms with Crippen LogP contribution in [0.2, 0.25) is 0 Å². The predicted octanol–water partition coefficient (Wildman–Crippen LogP) is 3.49. The third kappa shape index (κ3) is 6.74. The highest BCUT2D eigenvalue weighted by Gasteiger charge is 2.46. The van der Waals surface area contributed by atoms with Gasteiger partial charge in [-0.25, -0.2) is 9.18 Å². The van der Waals surface area contributed by atoms with Gasteiger partial charge in [-0.1, -0.05) is 12.1 Å². The summed E-state index contributed by atoms with van der Waals surface area (Å²) in [6.45, 7) is 13.4. The van der Waals surface area contributed by atoms with Crippen LogP contribution in [0.4, 0.5) is 26.4 Å². The lowest BCUT2D eigenvalue weighted by Gasteiger charge is -2.54. The molecule has 4 saturated heterocycles. The number of fused-ring (bicyclic) bond motifs is 4. The van der Waals surface area contributed by atoms with E-state index in [2.05, 4.69) is 62.4 Å². The number of rotatable bonds is 5. The molecule has 2 aromatic carbocycles. The number of amides is 5. The molecule has 0 saturated carbocycles. The highest BCUT2D eigenvalue weighted by atomic mass is 19.1. The summed E-state index contributed by atoms with van der Waals surface area (Å²) in [5.41, 5.74) is 3.64. The summed E-state index contributed by atoms with van der Waals surface area (Å²) in [7, 11) is 0. The number of imide groups is 1. The van der Waals surface area contributed by atoms with E-state index in [9.17, 15) is 28.7 Å². The lowest BCUT2D eigenvalue weighted by molar-refractivity contribution is -0.136. The van der Waals surface area contributed by atoms with Crippen LogP contribution < -0.4 is 20.4 Å². The number of piperidine rings is 2. The number of phenols is 1. The highest BCUT2D eigenvalue weighted by molar-refractivity contribution is 6.05. The van der Waals surface area contributed by atoms with Crippen LogP contribution in [-0.4, -0.2) is 141 Å². The summed E-state index contributed by atoms with van der Waals surface area (Å²) < 4.78 is 14.2. The van der Waals surface area contributed by atoms with E-state index >= 15 is 0 Å². The van der Waals surface area contributed by atoms with Crippen molar-refractivity contribution in [3.63, 3.8) is 0 Å². The number of phenolic OH excluding ortho intramolecular Hbond substituents is 1. The molecule has 6 aliphatic rings. The molecule has 58 heavy (non-hydrogen) atoms. The Hall–Kier alpha value is -5.51. The zero-order valence-electron chi connectivity index (χ0n) is 33.3. The number of anilines is 3. The summed E-state index contributed by atoms with van der Waals surface area (Å²) >= 11 is 0. The van der Waals surface area contributed by atoms with Gasteiger partial charge in [0.2, 0.25) is 11.8 Å². The van der Waals surface area contributed by atoms with Gasteiger partial charge in [-0.2, -0.15) is 0 Å². The predicted molar refractivity (Wildman–Crippen MR) is 215 cm³/mol. The molecular weight excluding hydrogens is 744 g/mol. The van der Waals surface area contributed by atoms with Crippen molar-refractivity contribution in [3.05, 3.63) is 59.4 Å². The summed E-state index contributed by atoms with van der Waals surface area (Å²) in [6.07, 6.45) is 2.66. The van der Waals surface area contributed by atoms with Crippen molar-refractivity contribution < 1.29 is 28.7 Å². The molecule has 0 aliphatic carbocycles. The second-order valence-corrected chi connectivity index (χ2v) is 17.3. The number of urea groups is 1. The Morgan fingerprint density at radius 2 is 1.78 bits per heavy atom. The molecular formula is C42H51FN10O5. The van der Waals surface area contributed by atoms with E-state index in [0.29, 0.717) is 68.7 Å². The normalized spacial score (nSPS) is 26.6. The molecule has 4 fully saturated rings. The molecule has 9 rings (SSSR count). The molecule has 16 heteroatoms. The number of nitrogens with zero attached hydrogens (tertiary/aromatic N) is 8. The molecule has 3 aromatic rings. The maximum absolute atomic E-state index is 14.2. The molecule has 0 radical (unpaired) electrons. The molecule has 7 heterocycles. The van der Waals surface area contributed by atoms with Crippen molar-refractivity contribution in [3.8, 4) is 17.0 Å². The average molecular weight is 795 g/mol. The van der Waals surface area contributed by atoms with Crippen LogP contribution in [0.1, 0.15) is 62.4 Å². The monoisotopic (exact) mass is 794 g/mol. The highest BCUT2D eigenvalue weighted by Crippen LogP contribution is 2.41. The number of benzene rings is 2. The van der Waals surface area contributed by atoms with Crippen LogP contribution in [0.15, 0.2) is 42.5 Å². The fraction of sp³-hybridized carbons (Fsp3) is 0.524. The quantitative estimate of drug-likeness (QED) is 0.325. The minimum atomic E-state index is -0.714. The van der Waals surface area contributed by atoms with Gasteiger partial charge in [0.25, 0.3) is 5.91 Å². The average Bonchev–Trinajstić information content (AvgIpc) is 3.54. The van der Waals surface area contributed by atoms with Crippen LogP contribution in [0.3, 0.4) is 0 Å². The Morgan fingerprint density at radius 3 is 2.57 bits per heavy atom. The van der Waals surface area contributed by atoms with E-state index in [1.165, 1.54) is 12.1 Å². The Bertz CT molecular complexity index is 2160. The van der Waals surface area contributed by atoms with Crippen LogP contribution in [-0.2, 0) is 16.1 Å². The minimum Gasteiger partial charge on any atom is -0.504 e. The first-order valence-electron chi connectivity index (χ1n) is 20.6. The standard InChI is InChI=1S/C42H51FN10O5/c1-25-20-51(41(58)49-15-16-53-35-18-33(30-5-4-6-32(43)37(30)55)46-47-38(35)44-23-42(53,3)24-49)26(2)19-50(25)21-27-11-13-48(14-12-27)29-8-7-28-22-52(40(57)31(28)17-29)34-9-10-36(54)45-39(34)56/h4-8,17-18,25-27,34,55H,9-16,19-24H2,1-3H3,(H,44,47)(H,45,54,56)/t25-,26+,34+,42-/m0/s1. The summed E-state index contributed by atoms with van der Waals surface area (Å²) in [4.78, 5) is 64.5. The Kier molecular flexibility index (Phi) is 9.64. The number of hydrogen-bond acceptors (Lipinski definition) is 11. The van der Waals surface area contributed by atoms with Gasteiger partial charge in [0, 0.05) is 101 Å². The van der Waals surface area contributed by atoms with E-state index in [-0.39, 0.29) is 41.9 Å². The van der Waals surface area contributed by atoms with Gasteiger partial charge in [-0.15, -0.1) is 10.2 Å². The smallest absolute Gasteiger partial charge is 0.320 e. The van der Waals surface area contributed by atoms with Gasteiger partial charge in [-0.05, 0) is 81.8 Å². The van der Waals surface area contributed by atoms with E-state index in [1.807, 2.05) is 28.0 Å². The first kappa shape index (κ1) is 38.0. The molecule has 1 aromatic heterocycles. The Labute approximate surface area is 337 Å². The molecule has 4 atom stereocenters. The van der Waals surface area contributed by atoms with E-state index < -0.39 is 29.1 Å². The van der Waals surface area contributed by atoms with Gasteiger partial charge < -0.3 is 34.9 Å². The van der Waals surface area contributed by atoms with E-state index in [4.69, 9.17) is 0 Å². The SMILES string of the molecule is C[C@@H]1CN(CC2CCN(c3ccc4c(c3)C(=O)N([C@@H]3CCC(=O)NC3=O)C4)CC2)[C@@H](C)CN1C(=O)N1CCN2c3cc(-c4cccc(F)c4O)nnc3NC[C@@]2(C)C1. The number of halogens is 1.